The van der Waals surface area contributed by atoms with E-state index in [2.05, 4.69) is 25.7 Å². The number of rotatable bonds is 5. The van der Waals surface area contributed by atoms with Gasteiger partial charge in [0, 0.05) is 23.0 Å². The number of aryl methyl sites for hydroxylation is 1. The third-order valence-electron chi connectivity index (χ3n) is 4.63. The molecule has 3 aromatic heterocycles. The summed E-state index contributed by atoms with van der Waals surface area (Å²) in [7, 11) is 0. The van der Waals surface area contributed by atoms with Gasteiger partial charge in [-0.15, -0.1) is 10.2 Å². The lowest BCUT2D eigenvalue weighted by atomic mass is 10.0. The number of benzene rings is 1. The first-order valence-corrected chi connectivity index (χ1v) is 8.91. The average molecular weight is 378 g/mol. The minimum absolute atomic E-state index is 0.149. The normalized spacial score (nSPS) is 12.2. The van der Waals surface area contributed by atoms with Gasteiger partial charge in [0.1, 0.15) is 5.82 Å². The quantitative estimate of drug-likeness (QED) is 0.559. The second kappa shape index (κ2) is 7.22. The largest absolute Gasteiger partial charge is 0.346 e. The number of hydrogen-bond donors (Lipinski definition) is 2. The number of nitrogens with one attached hydrogen (secondary N) is 2. The lowest BCUT2D eigenvalue weighted by molar-refractivity contribution is -0.121. The summed E-state index contributed by atoms with van der Waals surface area (Å²) in [6.07, 6.45) is 2.01. The molecule has 1 amide bonds. The summed E-state index contributed by atoms with van der Waals surface area (Å²) in [6.45, 7) is 3.72. The van der Waals surface area contributed by atoms with Crippen molar-refractivity contribution in [3.63, 3.8) is 0 Å². The Bertz CT molecular complexity index is 1130. The Morgan fingerprint density at radius 3 is 2.79 bits per heavy atom. The van der Waals surface area contributed by atoms with Gasteiger partial charge >= 0.3 is 0 Å². The van der Waals surface area contributed by atoms with Crippen molar-refractivity contribution in [2.75, 3.05) is 0 Å². The average Bonchev–Trinajstić information content (AvgIpc) is 3.27. The molecule has 4 rings (SSSR count). The number of halogens is 1. The Kier molecular flexibility index (Phi) is 4.60. The maximum atomic E-state index is 13.2. The number of aromatic nitrogens is 5. The van der Waals surface area contributed by atoms with E-state index in [1.807, 2.05) is 42.6 Å². The van der Waals surface area contributed by atoms with Crippen molar-refractivity contribution in [1.82, 2.24) is 30.1 Å². The number of H-pyrrole nitrogens is 1. The predicted octanol–water partition coefficient (Wildman–Crippen LogP) is 2.99. The summed E-state index contributed by atoms with van der Waals surface area (Å²) in [4.78, 5) is 12.7. The maximum absolute atomic E-state index is 13.2. The summed E-state index contributed by atoms with van der Waals surface area (Å²) >= 11 is 0. The van der Waals surface area contributed by atoms with E-state index >= 15 is 0 Å². The second-order valence-corrected chi connectivity index (χ2v) is 6.64. The van der Waals surface area contributed by atoms with Crippen LogP contribution in [0.2, 0.25) is 0 Å². The Hall–Kier alpha value is -3.55. The van der Waals surface area contributed by atoms with E-state index in [9.17, 15) is 9.18 Å². The number of hydrogen-bond acceptors (Lipinski definition) is 4. The minimum Gasteiger partial charge on any atom is -0.346 e. The Morgan fingerprint density at radius 2 is 2.00 bits per heavy atom. The molecular weight excluding hydrogens is 359 g/mol. The van der Waals surface area contributed by atoms with E-state index in [4.69, 9.17) is 0 Å². The third kappa shape index (κ3) is 3.36. The lowest BCUT2D eigenvalue weighted by Gasteiger charge is -2.13. The van der Waals surface area contributed by atoms with Crippen molar-refractivity contribution in [3.8, 4) is 11.3 Å². The van der Waals surface area contributed by atoms with Crippen LogP contribution >= 0.6 is 0 Å². The summed E-state index contributed by atoms with van der Waals surface area (Å²) in [5, 5.41) is 18.5. The fourth-order valence-corrected chi connectivity index (χ4v) is 3.19. The lowest BCUT2D eigenvalue weighted by Crippen LogP contribution is -2.29. The van der Waals surface area contributed by atoms with E-state index in [0.29, 0.717) is 11.5 Å². The molecule has 0 spiro atoms. The molecule has 4 aromatic rings. The molecule has 8 heteroatoms. The summed E-state index contributed by atoms with van der Waals surface area (Å²) < 4.78 is 15.0. The molecule has 0 saturated heterocycles. The van der Waals surface area contributed by atoms with Gasteiger partial charge in [-0.25, -0.2) is 4.39 Å². The molecule has 28 heavy (non-hydrogen) atoms. The number of carbonyl (C=O) groups is 1. The van der Waals surface area contributed by atoms with Crippen LogP contribution in [0.3, 0.4) is 0 Å². The van der Waals surface area contributed by atoms with Crippen LogP contribution in [0, 0.1) is 12.7 Å². The van der Waals surface area contributed by atoms with Crippen molar-refractivity contribution in [2.24, 2.45) is 0 Å². The zero-order valence-electron chi connectivity index (χ0n) is 15.5. The van der Waals surface area contributed by atoms with E-state index < -0.39 is 0 Å². The standard InChI is InChI=1S/C20H19FN6O/c1-12-16(19(25-23-12)14-6-8-15(21)9-7-14)11-18(28)22-13(2)20-26-24-17-5-3-4-10-27(17)20/h3-10,13H,11H2,1-2H3,(H,22,28)(H,23,25)/t13-/m0/s1. The Labute approximate surface area is 160 Å². The highest BCUT2D eigenvalue weighted by Crippen LogP contribution is 2.24. The number of aromatic amines is 1. The van der Waals surface area contributed by atoms with Gasteiger partial charge in [-0.2, -0.15) is 5.10 Å². The topological polar surface area (TPSA) is 88.0 Å². The molecule has 0 aliphatic carbocycles. The highest BCUT2D eigenvalue weighted by Gasteiger charge is 2.19. The highest BCUT2D eigenvalue weighted by atomic mass is 19.1. The summed E-state index contributed by atoms with van der Waals surface area (Å²) in [5.41, 5.74) is 3.71. The molecular formula is C20H19FN6O. The van der Waals surface area contributed by atoms with Gasteiger partial charge in [0.05, 0.1) is 18.2 Å². The molecule has 1 aromatic carbocycles. The van der Waals surface area contributed by atoms with E-state index in [-0.39, 0.29) is 24.2 Å². The minimum atomic E-state index is -0.315. The monoisotopic (exact) mass is 378 g/mol. The summed E-state index contributed by atoms with van der Waals surface area (Å²) in [5.74, 6) is 0.185. The number of amides is 1. The van der Waals surface area contributed by atoms with Crippen LogP contribution in [0.1, 0.15) is 30.0 Å². The van der Waals surface area contributed by atoms with E-state index in [1.54, 1.807) is 12.1 Å². The first-order chi connectivity index (χ1) is 13.5. The van der Waals surface area contributed by atoms with E-state index in [0.717, 1.165) is 22.5 Å². The number of carbonyl (C=O) groups excluding carboxylic acids is 1. The number of fused-ring (bicyclic) bond motifs is 1. The molecule has 0 saturated carbocycles. The van der Waals surface area contributed by atoms with Crippen LogP contribution in [0.5, 0.6) is 0 Å². The van der Waals surface area contributed by atoms with Crippen molar-refractivity contribution in [3.05, 3.63) is 71.6 Å². The molecule has 142 valence electrons. The molecule has 0 unspecified atom stereocenters. The van der Waals surface area contributed by atoms with Gasteiger partial charge in [-0.05, 0) is 50.2 Å². The van der Waals surface area contributed by atoms with Gasteiger partial charge in [-0.3, -0.25) is 14.3 Å². The fraction of sp³-hybridized carbons (Fsp3) is 0.200. The Morgan fingerprint density at radius 1 is 1.21 bits per heavy atom. The maximum Gasteiger partial charge on any atom is 0.225 e. The first kappa shape index (κ1) is 17.8. The van der Waals surface area contributed by atoms with Crippen LogP contribution in [0.4, 0.5) is 4.39 Å². The SMILES string of the molecule is Cc1[nH]nc(-c2ccc(F)cc2)c1CC(=O)N[C@@H](C)c1nnc2ccccn12. The molecule has 1 atom stereocenters. The van der Waals surface area contributed by atoms with Gasteiger partial charge in [0.2, 0.25) is 5.91 Å². The second-order valence-electron chi connectivity index (χ2n) is 6.64. The molecule has 0 aliphatic heterocycles. The molecule has 2 N–H and O–H groups in total. The van der Waals surface area contributed by atoms with Crippen LogP contribution in [-0.2, 0) is 11.2 Å². The molecule has 0 aliphatic rings. The van der Waals surface area contributed by atoms with Crippen LogP contribution in [-0.4, -0.2) is 30.7 Å². The van der Waals surface area contributed by atoms with Gasteiger partial charge < -0.3 is 5.32 Å². The predicted molar refractivity (Wildman–Crippen MR) is 102 cm³/mol. The molecule has 0 radical (unpaired) electrons. The third-order valence-corrected chi connectivity index (χ3v) is 4.63. The Balaban J connectivity index is 1.53. The molecule has 0 bridgehead atoms. The summed E-state index contributed by atoms with van der Waals surface area (Å²) in [6, 6.07) is 11.4. The van der Waals surface area contributed by atoms with Gasteiger partial charge in [-0.1, -0.05) is 6.07 Å². The fourth-order valence-electron chi connectivity index (χ4n) is 3.19. The van der Waals surface area contributed by atoms with Crippen molar-refractivity contribution in [1.29, 1.82) is 0 Å². The zero-order valence-corrected chi connectivity index (χ0v) is 15.5. The molecule has 0 fully saturated rings. The van der Waals surface area contributed by atoms with E-state index in [1.165, 1.54) is 12.1 Å². The van der Waals surface area contributed by atoms with Gasteiger partial charge in [0.25, 0.3) is 0 Å². The number of nitrogens with zero attached hydrogens (tertiary/aromatic N) is 4. The van der Waals surface area contributed by atoms with Crippen LogP contribution < -0.4 is 5.32 Å². The zero-order chi connectivity index (χ0) is 19.7. The van der Waals surface area contributed by atoms with Crippen molar-refractivity contribution < 1.29 is 9.18 Å². The van der Waals surface area contributed by atoms with Gasteiger partial charge in [0.15, 0.2) is 11.5 Å². The molecule has 3 heterocycles. The van der Waals surface area contributed by atoms with Crippen molar-refractivity contribution >= 4 is 11.6 Å². The smallest absolute Gasteiger partial charge is 0.225 e. The van der Waals surface area contributed by atoms with Crippen LogP contribution in [0.25, 0.3) is 16.9 Å². The highest BCUT2D eigenvalue weighted by molar-refractivity contribution is 5.82. The van der Waals surface area contributed by atoms with Crippen LogP contribution in [0.15, 0.2) is 48.7 Å². The first-order valence-electron chi connectivity index (χ1n) is 8.91. The number of pyridine rings is 1. The molecule has 7 nitrogen and oxygen atoms in total. The van der Waals surface area contributed by atoms with Crippen molar-refractivity contribution in [2.45, 2.75) is 26.3 Å².